The van der Waals surface area contributed by atoms with Gasteiger partial charge in [-0.15, -0.1) is 0 Å². The maximum Gasteiger partial charge on any atom is 0.253 e. The molecule has 1 N–H and O–H groups in total. The molecule has 8 heteroatoms. The van der Waals surface area contributed by atoms with Crippen LogP contribution in [-0.4, -0.2) is 53.9 Å². The Bertz CT molecular complexity index is 1060. The quantitative estimate of drug-likeness (QED) is 0.543. The molecule has 1 amide bonds. The summed E-state index contributed by atoms with van der Waals surface area (Å²) >= 11 is 18.0. The number of halogens is 3. The first-order valence-corrected chi connectivity index (χ1v) is 10.8. The van der Waals surface area contributed by atoms with Crippen LogP contribution in [0.25, 0.3) is 10.9 Å². The third kappa shape index (κ3) is 4.65. The number of hydrogen-bond donors (Lipinski definition) is 1. The summed E-state index contributed by atoms with van der Waals surface area (Å²) in [6.45, 7) is 3.32. The van der Waals surface area contributed by atoms with Crippen molar-refractivity contribution in [1.29, 1.82) is 0 Å². The van der Waals surface area contributed by atoms with E-state index in [2.05, 4.69) is 22.2 Å². The van der Waals surface area contributed by atoms with E-state index >= 15 is 0 Å². The fourth-order valence-electron chi connectivity index (χ4n) is 3.48. The van der Waals surface area contributed by atoms with Crippen LogP contribution in [0.3, 0.4) is 0 Å². The van der Waals surface area contributed by atoms with Crippen LogP contribution in [-0.2, 0) is 3.79 Å². The maximum atomic E-state index is 12.7. The highest BCUT2D eigenvalue weighted by Gasteiger charge is 2.23. The van der Waals surface area contributed by atoms with Gasteiger partial charge in [0.25, 0.3) is 5.91 Å². The van der Waals surface area contributed by atoms with Crippen molar-refractivity contribution < 1.29 is 4.79 Å². The molecule has 2 aromatic carbocycles. The zero-order valence-electron chi connectivity index (χ0n) is 16.4. The Hall–Kier alpha value is -2.05. The number of alkyl halides is 3. The molecule has 0 aliphatic carbocycles. The first-order valence-electron chi connectivity index (χ1n) is 9.62. The largest absolute Gasteiger partial charge is 0.355 e. The number of hydrogen-bond acceptors (Lipinski definition) is 4. The molecule has 1 aromatic heterocycles. The van der Waals surface area contributed by atoms with E-state index in [1.807, 2.05) is 41.3 Å². The van der Waals surface area contributed by atoms with Gasteiger partial charge >= 0.3 is 0 Å². The van der Waals surface area contributed by atoms with Gasteiger partial charge in [-0.1, -0.05) is 46.9 Å². The van der Waals surface area contributed by atoms with Crippen molar-refractivity contribution in [1.82, 2.24) is 14.8 Å². The van der Waals surface area contributed by atoms with Crippen molar-refractivity contribution in [2.45, 2.75) is 3.79 Å². The third-order valence-electron chi connectivity index (χ3n) is 5.27. The SMILES string of the molecule is CN1CCN(C(=O)c2ccc(Nc3ccnc4cc(C(Cl)(Cl)Cl)ccc34)cc2)CC1. The van der Waals surface area contributed by atoms with Gasteiger partial charge < -0.3 is 15.1 Å². The number of pyridine rings is 1. The van der Waals surface area contributed by atoms with Crippen LogP contribution >= 0.6 is 34.8 Å². The molecule has 1 fully saturated rings. The van der Waals surface area contributed by atoms with Gasteiger partial charge in [0.1, 0.15) is 0 Å². The molecule has 3 aromatic rings. The Morgan fingerprint density at radius 3 is 2.37 bits per heavy atom. The Kier molecular flexibility index (Phi) is 6.07. The lowest BCUT2D eigenvalue weighted by atomic mass is 10.1. The normalized spacial score (nSPS) is 15.4. The van der Waals surface area contributed by atoms with E-state index in [1.54, 1.807) is 18.3 Å². The summed E-state index contributed by atoms with van der Waals surface area (Å²) in [7, 11) is 2.07. The second-order valence-corrected chi connectivity index (χ2v) is 9.67. The average molecular weight is 464 g/mol. The number of aromatic nitrogens is 1. The molecule has 2 heterocycles. The number of rotatable bonds is 3. The summed E-state index contributed by atoms with van der Waals surface area (Å²) in [5, 5.41) is 4.30. The number of benzene rings is 2. The molecule has 5 nitrogen and oxygen atoms in total. The molecule has 30 heavy (non-hydrogen) atoms. The number of carbonyl (C=O) groups is 1. The van der Waals surface area contributed by atoms with E-state index in [4.69, 9.17) is 34.8 Å². The minimum Gasteiger partial charge on any atom is -0.355 e. The highest BCUT2D eigenvalue weighted by atomic mass is 35.6. The summed E-state index contributed by atoms with van der Waals surface area (Å²) in [5.41, 5.74) is 3.75. The van der Waals surface area contributed by atoms with Crippen LogP contribution < -0.4 is 5.32 Å². The van der Waals surface area contributed by atoms with Crippen molar-refractivity contribution in [2.75, 3.05) is 38.5 Å². The number of likely N-dealkylation sites (N-methyl/N-ethyl adjacent to an activating group) is 1. The van der Waals surface area contributed by atoms with Gasteiger partial charge in [-0.05, 0) is 43.4 Å². The molecule has 0 bridgehead atoms. The lowest BCUT2D eigenvalue weighted by Gasteiger charge is -2.32. The molecule has 0 radical (unpaired) electrons. The van der Waals surface area contributed by atoms with Crippen LogP contribution in [0, 0.1) is 0 Å². The number of nitrogens with zero attached hydrogens (tertiary/aromatic N) is 3. The fourth-order valence-corrected chi connectivity index (χ4v) is 3.83. The summed E-state index contributed by atoms with van der Waals surface area (Å²) in [6.07, 6.45) is 1.71. The predicted molar refractivity (Wildman–Crippen MR) is 124 cm³/mol. The van der Waals surface area contributed by atoms with E-state index in [0.717, 1.165) is 48.5 Å². The Balaban J connectivity index is 1.52. The summed E-state index contributed by atoms with van der Waals surface area (Å²) in [6, 6.07) is 14.8. The van der Waals surface area contributed by atoms with Crippen molar-refractivity contribution in [3.05, 3.63) is 65.9 Å². The van der Waals surface area contributed by atoms with Gasteiger partial charge in [-0.25, -0.2) is 0 Å². The number of anilines is 2. The molecule has 0 saturated carbocycles. The minimum absolute atomic E-state index is 0.0725. The zero-order chi connectivity index (χ0) is 21.3. The second-order valence-electron chi connectivity index (χ2n) is 7.39. The second kappa shape index (κ2) is 8.60. The number of carbonyl (C=O) groups excluding carboxylic acids is 1. The average Bonchev–Trinajstić information content (AvgIpc) is 2.73. The zero-order valence-corrected chi connectivity index (χ0v) is 18.7. The van der Waals surface area contributed by atoms with E-state index in [-0.39, 0.29) is 5.91 Å². The predicted octanol–water partition coefficient (Wildman–Crippen LogP) is 5.19. The minimum atomic E-state index is -1.49. The number of amides is 1. The molecular formula is C22H21Cl3N4O. The Labute approximate surface area is 190 Å². The van der Waals surface area contributed by atoms with Crippen molar-refractivity contribution in [3.63, 3.8) is 0 Å². The summed E-state index contributed by atoms with van der Waals surface area (Å²) in [4.78, 5) is 21.2. The lowest BCUT2D eigenvalue weighted by Crippen LogP contribution is -2.47. The summed E-state index contributed by atoms with van der Waals surface area (Å²) < 4.78 is -1.49. The van der Waals surface area contributed by atoms with E-state index in [9.17, 15) is 4.79 Å². The van der Waals surface area contributed by atoms with E-state index in [0.29, 0.717) is 11.1 Å². The standard InChI is InChI=1S/C22H21Cl3N4O/c1-28-10-12-29(13-11-28)21(30)15-2-5-17(6-3-15)27-19-8-9-26-20-14-16(22(23,24)25)4-7-18(19)20/h2-9,14H,10-13H2,1H3,(H,26,27). The van der Waals surface area contributed by atoms with Gasteiger partial charge in [0.2, 0.25) is 3.79 Å². The molecule has 0 unspecified atom stereocenters. The number of fused-ring (bicyclic) bond motifs is 1. The molecular weight excluding hydrogens is 443 g/mol. The van der Waals surface area contributed by atoms with Crippen LogP contribution in [0.5, 0.6) is 0 Å². The first-order chi connectivity index (χ1) is 14.3. The van der Waals surface area contributed by atoms with Crippen LogP contribution in [0.1, 0.15) is 15.9 Å². The first kappa shape index (κ1) is 21.2. The van der Waals surface area contributed by atoms with Gasteiger partial charge in [0, 0.05) is 60.3 Å². The molecule has 0 spiro atoms. The monoisotopic (exact) mass is 462 g/mol. The molecule has 1 saturated heterocycles. The molecule has 156 valence electrons. The van der Waals surface area contributed by atoms with Crippen molar-refractivity contribution >= 4 is 63.0 Å². The lowest BCUT2D eigenvalue weighted by molar-refractivity contribution is 0.0664. The highest BCUT2D eigenvalue weighted by molar-refractivity contribution is 6.66. The van der Waals surface area contributed by atoms with Crippen LogP contribution in [0.4, 0.5) is 11.4 Å². The number of piperazine rings is 1. The van der Waals surface area contributed by atoms with Crippen molar-refractivity contribution in [3.8, 4) is 0 Å². The third-order valence-corrected chi connectivity index (χ3v) is 5.93. The number of nitrogens with one attached hydrogen (secondary N) is 1. The van der Waals surface area contributed by atoms with Crippen LogP contribution in [0.2, 0.25) is 0 Å². The topological polar surface area (TPSA) is 48.5 Å². The van der Waals surface area contributed by atoms with Gasteiger partial charge in [0.15, 0.2) is 0 Å². The van der Waals surface area contributed by atoms with Gasteiger partial charge in [-0.2, -0.15) is 0 Å². The van der Waals surface area contributed by atoms with E-state index < -0.39 is 3.79 Å². The van der Waals surface area contributed by atoms with Gasteiger partial charge in [-0.3, -0.25) is 9.78 Å². The fraction of sp³-hybridized carbons (Fsp3) is 0.273. The smallest absolute Gasteiger partial charge is 0.253 e. The van der Waals surface area contributed by atoms with Gasteiger partial charge in [0.05, 0.1) is 5.52 Å². The maximum absolute atomic E-state index is 12.7. The summed E-state index contributed by atoms with van der Waals surface area (Å²) in [5.74, 6) is 0.0725. The highest BCUT2D eigenvalue weighted by Crippen LogP contribution is 2.39. The van der Waals surface area contributed by atoms with Crippen LogP contribution in [0.15, 0.2) is 54.7 Å². The molecule has 0 atom stereocenters. The molecule has 1 aliphatic heterocycles. The van der Waals surface area contributed by atoms with E-state index in [1.165, 1.54) is 0 Å². The molecule has 1 aliphatic rings. The van der Waals surface area contributed by atoms with Crippen molar-refractivity contribution in [2.24, 2.45) is 0 Å². The Morgan fingerprint density at radius 1 is 1.00 bits per heavy atom. The molecule has 4 rings (SSSR count). The Morgan fingerprint density at radius 2 is 1.70 bits per heavy atom.